The van der Waals surface area contributed by atoms with Crippen LogP contribution < -0.4 is 10.1 Å². The quantitative estimate of drug-likeness (QED) is 0.309. The van der Waals surface area contributed by atoms with E-state index in [2.05, 4.69) is 5.32 Å². The Labute approximate surface area is 186 Å². The number of carbonyl (C=O) groups is 3. The molecule has 4 rings (SSSR count). The van der Waals surface area contributed by atoms with Crippen molar-refractivity contribution in [2.45, 2.75) is 39.0 Å². The molecule has 0 saturated heterocycles. The van der Waals surface area contributed by atoms with Crippen molar-refractivity contribution in [3.8, 4) is 11.5 Å². The number of fused-ring (bicyclic) bond motifs is 1. The lowest BCUT2D eigenvalue weighted by molar-refractivity contribution is -0.146. The fourth-order valence-electron chi connectivity index (χ4n) is 4.20. The molecule has 166 valence electrons. The lowest BCUT2D eigenvalue weighted by atomic mass is 9.78. The molecule has 0 aromatic heterocycles. The van der Waals surface area contributed by atoms with Crippen molar-refractivity contribution in [3.63, 3.8) is 0 Å². The second kappa shape index (κ2) is 9.26. The molecule has 0 bridgehead atoms. The molecule has 2 aromatic carbocycles. The van der Waals surface area contributed by atoms with Crippen LogP contribution in [0.4, 0.5) is 5.69 Å². The maximum atomic E-state index is 13.2. The topological polar surface area (TPSA) is 90.9 Å². The summed E-state index contributed by atoms with van der Waals surface area (Å²) in [6.07, 6.45) is 3.77. The van der Waals surface area contributed by atoms with Crippen LogP contribution in [0.15, 0.2) is 48.2 Å². The van der Waals surface area contributed by atoms with E-state index in [1.165, 1.54) is 6.20 Å². The first-order valence-electron chi connectivity index (χ1n) is 10.8. The van der Waals surface area contributed by atoms with Crippen LogP contribution in [0.3, 0.4) is 0 Å². The number of rotatable bonds is 6. The molecular formula is C25H25NO6. The van der Waals surface area contributed by atoms with Gasteiger partial charge < -0.3 is 19.5 Å². The van der Waals surface area contributed by atoms with E-state index in [0.29, 0.717) is 22.7 Å². The highest BCUT2D eigenvalue weighted by Gasteiger charge is 2.35. The molecule has 0 fully saturated rings. The van der Waals surface area contributed by atoms with E-state index in [1.54, 1.807) is 32.0 Å². The van der Waals surface area contributed by atoms with Crippen molar-refractivity contribution >= 4 is 23.4 Å². The van der Waals surface area contributed by atoms with Crippen LogP contribution in [0, 0.1) is 0 Å². The smallest absolute Gasteiger partial charge is 0.347 e. The zero-order valence-corrected chi connectivity index (χ0v) is 18.1. The largest absolute Gasteiger partial charge is 0.462 e. The van der Waals surface area contributed by atoms with E-state index in [-0.39, 0.29) is 30.5 Å². The van der Waals surface area contributed by atoms with Crippen molar-refractivity contribution < 1.29 is 28.6 Å². The van der Waals surface area contributed by atoms with Gasteiger partial charge in [-0.2, -0.15) is 0 Å². The Morgan fingerprint density at radius 2 is 1.81 bits per heavy atom. The Bertz CT molecular complexity index is 1080. The summed E-state index contributed by atoms with van der Waals surface area (Å²) < 4.78 is 16.1. The van der Waals surface area contributed by atoms with Gasteiger partial charge in [-0.05, 0) is 56.9 Å². The number of ether oxygens (including phenoxy) is 3. The van der Waals surface area contributed by atoms with Crippen LogP contribution in [-0.4, -0.2) is 30.9 Å². The summed E-state index contributed by atoms with van der Waals surface area (Å²) in [4.78, 5) is 37.6. The van der Waals surface area contributed by atoms with Crippen LogP contribution in [0.5, 0.6) is 11.5 Å². The Morgan fingerprint density at radius 3 is 2.53 bits per heavy atom. The summed E-state index contributed by atoms with van der Waals surface area (Å²) in [5.41, 5.74) is 2.93. The molecule has 1 N–H and O–H groups in total. The number of ketones is 1. The second-order valence-corrected chi connectivity index (χ2v) is 7.60. The average molecular weight is 435 g/mol. The highest BCUT2D eigenvalue weighted by molar-refractivity contribution is 6.14. The Morgan fingerprint density at radius 1 is 1.09 bits per heavy atom. The average Bonchev–Trinajstić information content (AvgIpc) is 2.90. The van der Waals surface area contributed by atoms with Gasteiger partial charge in [0, 0.05) is 23.5 Å². The summed E-state index contributed by atoms with van der Waals surface area (Å²) in [6.45, 7) is 3.61. The highest BCUT2D eigenvalue weighted by atomic mass is 16.6. The lowest BCUT2D eigenvalue weighted by Crippen LogP contribution is -2.20. The van der Waals surface area contributed by atoms with E-state index < -0.39 is 11.9 Å². The standard InChI is InChI=1S/C25H25NO6/c1-3-30-24(28)19(25(29)31-4-2)14-26-16-12-15-8-7-10-18-22(15)21(13-16)32-20-11-6-5-9-17(20)23(18)27/h5-6,9,11-14,18,26H,3-4,7-8,10H2,1-2H3. The Kier molecular flexibility index (Phi) is 6.25. The van der Waals surface area contributed by atoms with E-state index in [4.69, 9.17) is 14.2 Å². The molecule has 0 spiro atoms. The van der Waals surface area contributed by atoms with Crippen molar-refractivity contribution in [2.24, 2.45) is 0 Å². The van der Waals surface area contributed by atoms with Crippen LogP contribution in [-0.2, 0) is 25.5 Å². The molecule has 1 aliphatic heterocycles. The fourth-order valence-corrected chi connectivity index (χ4v) is 4.20. The number of esters is 2. The van der Waals surface area contributed by atoms with E-state index in [1.807, 2.05) is 18.2 Å². The van der Waals surface area contributed by atoms with Gasteiger partial charge in [0.05, 0.1) is 24.7 Å². The number of hydrogen-bond acceptors (Lipinski definition) is 7. The fraction of sp³-hybridized carbons (Fsp3) is 0.320. The van der Waals surface area contributed by atoms with Gasteiger partial charge in [0.2, 0.25) is 0 Å². The summed E-state index contributed by atoms with van der Waals surface area (Å²) in [5, 5.41) is 3.01. The first kappa shape index (κ1) is 21.6. The van der Waals surface area contributed by atoms with Gasteiger partial charge in [-0.3, -0.25) is 4.79 Å². The Hall–Kier alpha value is -3.61. The summed E-state index contributed by atoms with van der Waals surface area (Å²) in [6, 6.07) is 11.0. The predicted molar refractivity (Wildman–Crippen MR) is 118 cm³/mol. The molecule has 1 unspecified atom stereocenters. The maximum absolute atomic E-state index is 13.2. The van der Waals surface area contributed by atoms with E-state index >= 15 is 0 Å². The van der Waals surface area contributed by atoms with Crippen LogP contribution in [0.2, 0.25) is 0 Å². The molecule has 2 aromatic rings. The number of benzene rings is 2. The van der Waals surface area contributed by atoms with Crippen molar-refractivity contribution in [2.75, 3.05) is 18.5 Å². The maximum Gasteiger partial charge on any atom is 0.347 e. The van der Waals surface area contributed by atoms with Crippen molar-refractivity contribution in [3.05, 3.63) is 64.9 Å². The number of aryl methyl sites for hydroxylation is 1. The van der Waals surface area contributed by atoms with Gasteiger partial charge in [0.25, 0.3) is 0 Å². The van der Waals surface area contributed by atoms with Gasteiger partial charge >= 0.3 is 11.9 Å². The number of nitrogens with one attached hydrogen (secondary N) is 1. The zero-order valence-electron chi connectivity index (χ0n) is 18.1. The molecule has 1 atom stereocenters. The monoisotopic (exact) mass is 435 g/mol. The minimum absolute atomic E-state index is 0.0767. The third-order valence-corrected chi connectivity index (χ3v) is 5.58. The minimum atomic E-state index is -0.759. The normalized spacial score (nSPS) is 15.9. The molecule has 1 heterocycles. The zero-order chi connectivity index (χ0) is 22.7. The van der Waals surface area contributed by atoms with Gasteiger partial charge in [-0.15, -0.1) is 0 Å². The van der Waals surface area contributed by atoms with Gasteiger partial charge in [-0.25, -0.2) is 9.59 Å². The minimum Gasteiger partial charge on any atom is -0.462 e. The highest BCUT2D eigenvalue weighted by Crippen LogP contribution is 2.46. The number of hydrogen-bond donors (Lipinski definition) is 1. The molecule has 32 heavy (non-hydrogen) atoms. The number of para-hydroxylation sites is 1. The molecule has 0 saturated carbocycles. The molecule has 7 nitrogen and oxygen atoms in total. The van der Waals surface area contributed by atoms with Crippen LogP contribution >= 0.6 is 0 Å². The van der Waals surface area contributed by atoms with Gasteiger partial charge in [-0.1, -0.05) is 12.1 Å². The number of carbonyl (C=O) groups excluding carboxylic acids is 3. The Balaban J connectivity index is 1.72. The third kappa shape index (κ3) is 4.10. The van der Waals surface area contributed by atoms with Crippen molar-refractivity contribution in [1.82, 2.24) is 0 Å². The molecule has 7 heteroatoms. The van der Waals surface area contributed by atoms with E-state index in [9.17, 15) is 14.4 Å². The third-order valence-electron chi connectivity index (χ3n) is 5.58. The number of Topliss-reactive ketones (excluding diaryl/α,β-unsaturated/α-hetero) is 1. The molecule has 0 radical (unpaired) electrons. The molecule has 2 aliphatic rings. The van der Waals surface area contributed by atoms with Crippen LogP contribution in [0.25, 0.3) is 0 Å². The predicted octanol–water partition coefficient (Wildman–Crippen LogP) is 4.52. The molecular weight excluding hydrogens is 410 g/mol. The molecule has 0 amide bonds. The summed E-state index contributed by atoms with van der Waals surface area (Å²) in [5.74, 6) is -0.545. The lowest BCUT2D eigenvalue weighted by Gasteiger charge is -2.25. The van der Waals surface area contributed by atoms with Gasteiger partial charge in [0.1, 0.15) is 11.5 Å². The molecule has 1 aliphatic carbocycles. The SMILES string of the molecule is CCOC(=O)C(=CNc1cc2c3c(c1)Oc1ccccc1C(=O)C3CCC2)C(=O)OCC. The summed E-state index contributed by atoms with van der Waals surface area (Å²) >= 11 is 0. The second-order valence-electron chi connectivity index (χ2n) is 7.60. The summed E-state index contributed by atoms with van der Waals surface area (Å²) in [7, 11) is 0. The first-order valence-corrected chi connectivity index (χ1v) is 10.8. The van der Waals surface area contributed by atoms with Gasteiger partial charge in [0.15, 0.2) is 11.4 Å². The number of anilines is 1. The first-order chi connectivity index (χ1) is 15.5. The van der Waals surface area contributed by atoms with Crippen LogP contribution in [0.1, 0.15) is 54.1 Å². The van der Waals surface area contributed by atoms with Crippen molar-refractivity contribution in [1.29, 1.82) is 0 Å². The van der Waals surface area contributed by atoms with E-state index in [0.717, 1.165) is 30.4 Å².